The van der Waals surface area contributed by atoms with E-state index in [4.69, 9.17) is 17.0 Å². The summed E-state index contributed by atoms with van der Waals surface area (Å²) in [5, 5.41) is 8.14. The molecule has 0 spiro atoms. The van der Waals surface area contributed by atoms with Crippen LogP contribution in [0.2, 0.25) is 0 Å². The molecule has 0 amide bonds. The summed E-state index contributed by atoms with van der Waals surface area (Å²) < 4.78 is 1.15. The Kier molecular flexibility index (Phi) is 9.84. The van der Waals surface area contributed by atoms with Crippen molar-refractivity contribution in [1.82, 2.24) is 0 Å². The van der Waals surface area contributed by atoms with Crippen molar-refractivity contribution in [2.24, 2.45) is 0 Å². The molecule has 0 aliphatic carbocycles. The Bertz CT molecular complexity index is 1820. The summed E-state index contributed by atoms with van der Waals surface area (Å²) in [7, 11) is 12.5. The molecule has 0 N–H and O–H groups in total. The molecular formula is C38H32Cl2Zr-2. The molecule has 0 saturated heterocycles. The minimum atomic E-state index is -2.44. The molecule has 0 radical (unpaired) electrons. The van der Waals surface area contributed by atoms with Crippen LogP contribution in [0.4, 0.5) is 0 Å². The van der Waals surface area contributed by atoms with Crippen molar-refractivity contribution in [1.29, 1.82) is 0 Å². The van der Waals surface area contributed by atoms with E-state index in [1.807, 2.05) is 36.4 Å². The summed E-state index contributed by atoms with van der Waals surface area (Å²) in [6.07, 6.45) is 0. The van der Waals surface area contributed by atoms with Gasteiger partial charge >= 0.3 is 111 Å². The zero-order valence-corrected chi connectivity index (χ0v) is 27.5. The molecule has 204 valence electrons. The third-order valence-corrected chi connectivity index (χ3v) is 11.7. The SMILES string of the molecule is Cc1ccc2[cH-]ccc2c1.Cc1ccc2c(c1)[cH-]c1cc(C)ccc12.[Cl][Zr]([Cl])=[C](c1ccccc1)c1ccccc1. The van der Waals surface area contributed by atoms with Crippen molar-refractivity contribution in [3.8, 4) is 0 Å². The van der Waals surface area contributed by atoms with Crippen molar-refractivity contribution < 1.29 is 18.9 Å². The van der Waals surface area contributed by atoms with Crippen LogP contribution in [0.1, 0.15) is 27.8 Å². The average molecular weight is 651 g/mol. The first kappa shape index (κ1) is 29.4. The molecular weight excluding hydrogens is 619 g/mol. The second-order valence-corrected chi connectivity index (χ2v) is 18.5. The van der Waals surface area contributed by atoms with Gasteiger partial charge in [0.2, 0.25) is 0 Å². The molecule has 0 atom stereocenters. The van der Waals surface area contributed by atoms with Gasteiger partial charge in [0, 0.05) is 0 Å². The van der Waals surface area contributed by atoms with Gasteiger partial charge < -0.3 is 0 Å². The molecule has 0 nitrogen and oxygen atoms in total. The van der Waals surface area contributed by atoms with Crippen molar-refractivity contribution >= 4 is 52.5 Å². The predicted octanol–water partition coefficient (Wildman–Crippen LogP) is 11.4. The van der Waals surface area contributed by atoms with Crippen molar-refractivity contribution in [3.63, 3.8) is 0 Å². The first-order valence-corrected chi connectivity index (χ1v) is 21.3. The van der Waals surface area contributed by atoms with Gasteiger partial charge in [-0.05, 0) is 20.8 Å². The van der Waals surface area contributed by atoms with E-state index < -0.39 is 18.9 Å². The number of hydrogen-bond donors (Lipinski definition) is 0. The van der Waals surface area contributed by atoms with Gasteiger partial charge in [-0.3, -0.25) is 0 Å². The van der Waals surface area contributed by atoms with Crippen molar-refractivity contribution in [2.75, 3.05) is 0 Å². The third-order valence-electron chi connectivity index (χ3n) is 7.12. The molecule has 3 heteroatoms. The monoisotopic (exact) mass is 648 g/mol. The maximum atomic E-state index is 6.24. The average Bonchev–Trinajstić information content (AvgIpc) is 3.58. The molecule has 0 unspecified atom stereocenters. The van der Waals surface area contributed by atoms with E-state index in [0.717, 1.165) is 14.3 Å². The van der Waals surface area contributed by atoms with E-state index in [1.54, 1.807) is 0 Å². The van der Waals surface area contributed by atoms with Crippen LogP contribution in [0.25, 0.3) is 32.3 Å². The summed E-state index contributed by atoms with van der Waals surface area (Å²) in [6.45, 7) is 6.40. The van der Waals surface area contributed by atoms with Crippen molar-refractivity contribution in [2.45, 2.75) is 20.8 Å². The number of hydrogen-bond acceptors (Lipinski definition) is 0. The number of halogens is 2. The molecule has 0 bridgehead atoms. The quantitative estimate of drug-likeness (QED) is 0.163. The fourth-order valence-electron chi connectivity index (χ4n) is 5.10. The molecule has 0 aliphatic rings. The van der Waals surface area contributed by atoms with Crippen molar-refractivity contribution in [3.05, 3.63) is 167 Å². The van der Waals surface area contributed by atoms with Gasteiger partial charge in [-0.1, -0.05) is 41.0 Å². The zero-order chi connectivity index (χ0) is 28.8. The number of fused-ring (bicyclic) bond motifs is 4. The van der Waals surface area contributed by atoms with Crippen LogP contribution in [0.15, 0.2) is 140 Å². The Balaban J connectivity index is 0.000000127. The second kappa shape index (κ2) is 13.7. The molecule has 7 aromatic carbocycles. The van der Waals surface area contributed by atoms with Crippen LogP contribution in [-0.4, -0.2) is 3.21 Å². The van der Waals surface area contributed by atoms with E-state index >= 15 is 0 Å². The van der Waals surface area contributed by atoms with Crippen LogP contribution < -0.4 is 0 Å². The van der Waals surface area contributed by atoms with Gasteiger partial charge in [0.05, 0.1) is 0 Å². The number of aryl methyl sites for hydroxylation is 3. The standard InChI is InChI=1S/C15H13.C13H10.C10H9.2ClH.Zr/c1-10-3-5-14-12(7-10)9-13-8-11(2)4-6-15(13)14;1-3-7-12(8-4-1)11-13-9-5-2-6-10-13;1-8-5-6-9-3-2-4-10(9)7-8;;;/h3-9H,1-2H3;1-10H;2-7H,1H3;2*1H;/q-1;;-1;;;+2/p-2. The Morgan fingerprint density at radius 3 is 1.54 bits per heavy atom. The number of rotatable bonds is 2. The van der Waals surface area contributed by atoms with Gasteiger partial charge in [-0.25, -0.2) is 0 Å². The van der Waals surface area contributed by atoms with E-state index in [0.29, 0.717) is 0 Å². The Labute approximate surface area is 257 Å². The topological polar surface area (TPSA) is 0 Å². The van der Waals surface area contributed by atoms with Crippen LogP contribution >= 0.6 is 17.0 Å². The summed E-state index contributed by atoms with van der Waals surface area (Å²) >= 11 is -2.44. The molecule has 0 saturated carbocycles. The maximum absolute atomic E-state index is 6.24. The van der Waals surface area contributed by atoms with E-state index in [2.05, 4.69) is 124 Å². The molecule has 7 aromatic rings. The van der Waals surface area contributed by atoms with Gasteiger partial charge in [-0.15, -0.1) is 69.4 Å². The van der Waals surface area contributed by atoms with Crippen LogP contribution in [-0.2, 0) is 18.9 Å². The van der Waals surface area contributed by atoms with Crippen LogP contribution in [0.5, 0.6) is 0 Å². The molecule has 0 fully saturated rings. The molecule has 0 aliphatic heterocycles. The minimum absolute atomic E-state index is 1.15. The summed E-state index contributed by atoms with van der Waals surface area (Å²) in [4.78, 5) is 0. The van der Waals surface area contributed by atoms with Gasteiger partial charge in [0.1, 0.15) is 0 Å². The van der Waals surface area contributed by atoms with Gasteiger partial charge in [-0.2, -0.15) is 17.5 Å². The fourth-order valence-corrected chi connectivity index (χ4v) is 9.58. The van der Waals surface area contributed by atoms with Gasteiger partial charge in [0.15, 0.2) is 0 Å². The first-order chi connectivity index (χ1) is 19.9. The normalized spacial score (nSPS) is 10.6. The Morgan fingerprint density at radius 1 is 0.537 bits per heavy atom. The van der Waals surface area contributed by atoms with E-state index in [1.165, 1.54) is 49.0 Å². The molecule has 0 heterocycles. The fraction of sp³-hybridized carbons (Fsp3) is 0.0789. The Hall–Kier alpha value is -3.09. The summed E-state index contributed by atoms with van der Waals surface area (Å²) in [6, 6.07) is 48.8. The summed E-state index contributed by atoms with van der Waals surface area (Å²) in [5.41, 5.74) is 6.28. The summed E-state index contributed by atoms with van der Waals surface area (Å²) in [5.74, 6) is 0. The van der Waals surface area contributed by atoms with Gasteiger partial charge in [0.25, 0.3) is 0 Å². The Morgan fingerprint density at radius 2 is 1.02 bits per heavy atom. The predicted molar refractivity (Wildman–Crippen MR) is 179 cm³/mol. The van der Waals surface area contributed by atoms with Crippen LogP contribution in [0, 0.1) is 20.8 Å². The molecule has 7 rings (SSSR count). The van der Waals surface area contributed by atoms with E-state index in [9.17, 15) is 0 Å². The zero-order valence-electron chi connectivity index (χ0n) is 23.5. The first-order valence-electron chi connectivity index (χ1n) is 13.7. The third kappa shape index (κ3) is 7.41. The number of benzene rings is 5. The molecule has 0 aromatic heterocycles. The van der Waals surface area contributed by atoms with E-state index in [-0.39, 0.29) is 0 Å². The van der Waals surface area contributed by atoms with Crippen LogP contribution in [0.3, 0.4) is 0 Å². The second-order valence-electron chi connectivity index (χ2n) is 10.4. The molecule has 41 heavy (non-hydrogen) atoms.